The topological polar surface area (TPSA) is 71.2 Å². The maximum Gasteiger partial charge on any atom is 0.387 e. The van der Waals surface area contributed by atoms with E-state index in [4.69, 9.17) is 0 Å². The number of ketones is 1. The molecule has 2 N–H and O–H groups in total. The minimum atomic E-state index is -2.87. The quantitative estimate of drug-likeness (QED) is 0.795. The molecule has 0 saturated heterocycles. The second-order valence-electron chi connectivity index (χ2n) is 5.39. The molecule has 7 heteroatoms. The number of carbonyl (C=O) groups excluding carboxylic acids is 2. The number of aromatic nitrogens is 1. The lowest BCUT2D eigenvalue weighted by atomic mass is 10.1. The molecular weight excluding hydrogens is 318 g/mol. The highest BCUT2D eigenvalue weighted by Gasteiger charge is 2.19. The predicted molar refractivity (Wildman–Crippen MR) is 84.5 cm³/mol. The van der Waals surface area contributed by atoms with E-state index in [1.54, 1.807) is 26.0 Å². The second-order valence-corrected chi connectivity index (χ2v) is 5.39. The van der Waals surface area contributed by atoms with Crippen LogP contribution in [0.1, 0.15) is 44.6 Å². The summed E-state index contributed by atoms with van der Waals surface area (Å²) in [7, 11) is 0. The first kappa shape index (κ1) is 17.7. The van der Waals surface area contributed by atoms with Gasteiger partial charge in [-0.25, -0.2) is 0 Å². The van der Waals surface area contributed by atoms with Gasteiger partial charge in [-0.3, -0.25) is 9.59 Å². The fourth-order valence-corrected chi connectivity index (χ4v) is 2.56. The number of Topliss-reactive ketones (excluding diaryl/α,β-unsaturated/α-hetero) is 1. The molecule has 0 atom stereocenters. The molecule has 0 fully saturated rings. The Labute approximate surface area is 138 Å². The third-order valence-corrected chi connectivity index (χ3v) is 3.62. The summed E-state index contributed by atoms with van der Waals surface area (Å²) >= 11 is 0. The number of hydrogen-bond acceptors (Lipinski definition) is 3. The molecule has 0 aliphatic heterocycles. The van der Waals surface area contributed by atoms with Crippen molar-refractivity contribution >= 4 is 11.7 Å². The maximum atomic E-state index is 12.3. The van der Waals surface area contributed by atoms with Crippen molar-refractivity contribution in [3.8, 4) is 5.75 Å². The summed E-state index contributed by atoms with van der Waals surface area (Å²) in [4.78, 5) is 26.8. The van der Waals surface area contributed by atoms with E-state index in [2.05, 4.69) is 15.0 Å². The van der Waals surface area contributed by atoms with Crippen molar-refractivity contribution in [3.63, 3.8) is 0 Å². The highest BCUT2D eigenvalue weighted by molar-refractivity contribution is 6.02. The Morgan fingerprint density at radius 3 is 2.33 bits per heavy atom. The van der Waals surface area contributed by atoms with Gasteiger partial charge in [-0.2, -0.15) is 8.78 Å². The van der Waals surface area contributed by atoms with Crippen molar-refractivity contribution in [1.29, 1.82) is 0 Å². The lowest BCUT2D eigenvalue weighted by Crippen LogP contribution is -2.24. The van der Waals surface area contributed by atoms with Gasteiger partial charge in [-0.1, -0.05) is 12.1 Å². The second kappa shape index (κ2) is 7.25. The first-order valence-electron chi connectivity index (χ1n) is 7.31. The zero-order chi connectivity index (χ0) is 17.9. The number of alkyl halides is 2. The van der Waals surface area contributed by atoms with Crippen LogP contribution in [-0.2, 0) is 6.54 Å². The van der Waals surface area contributed by atoms with Crippen LogP contribution in [0.3, 0.4) is 0 Å². The Morgan fingerprint density at radius 1 is 1.21 bits per heavy atom. The third kappa shape index (κ3) is 3.98. The molecule has 1 heterocycles. The Balaban J connectivity index is 2.03. The normalized spacial score (nSPS) is 10.8. The van der Waals surface area contributed by atoms with Gasteiger partial charge >= 0.3 is 6.61 Å². The number of ether oxygens (including phenoxy) is 1. The van der Waals surface area contributed by atoms with E-state index in [9.17, 15) is 18.4 Å². The van der Waals surface area contributed by atoms with E-state index in [1.165, 1.54) is 19.1 Å². The Morgan fingerprint density at radius 2 is 1.83 bits per heavy atom. The monoisotopic (exact) mass is 336 g/mol. The summed E-state index contributed by atoms with van der Waals surface area (Å²) in [5.41, 5.74) is 2.86. The highest BCUT2D eigenvalue weighted by Crippen LogP contribution is 2.19. The molecule has 0 spiro atoms. The van der Waals surface area contributed by atoms with Gasteiger partial charge in [-0.05, 0) is 44.0 Å². The van der Waals surface area contributed by atoms with Gasteiger partial charge in [0.1, 0.15) is 11.4 Å². The van der Waals surface area contributed by atoms with E-state index in [0.29, 0.717) is 22.5 Å². The average Bonchev–Trinajstić information content (AvgIpc) is 2.80. The van der Waals surface area contributed by atoms with Crippen LogP contribution in [0, 0.1) is 13.8 Å². The van der Waals surface area contributed by atoms with Crippen molar-refractivity contribution in [2.24, 2.45) is 0 Å². The Bertz CT molecular complexity index is 752. The number of amides is 1. The highest BCUT2D eigenvalue weighted by atomic mass is 19.3. The molecule has 0 bridgehead atoms. The van der Waals surface area contributed by atoms with Crippen molar-refractivity contribution in [3.05, 3.63) is 52.3 Å². The van der Waals surface area contributed by atoms with Crippen molar-refractivity contribution in [2.75, 3.05) is 0 Å². The van der Waals surface area contributed by atoms with Crippen LogP contribution in [0.4, 0.5) is 8.78 Å². The number of halogens is 2. The van der Waals surface area contributed by atoms with E-state index in [1.807, 2.05) is 0 Å². The van der Waals surface area contributed by atoms with Crippen LogP contribution >= 0.6 is 0 Å². The summed E-state index contributed by atoms with van der Waals surface area (Å²) < 4.78 is 28.4. The molecule has 0 aliphatic rings. The number of hydrogen-bond donors (Lipinski definition) is 2. The fraction of sp³-hybridized carbons (Fsp3) is 0.294. The smallest absolute Gasteiger partial charge is 0.387 e. The molecule has 1 aromatic carbocycles. The molecule has 5 nitrogen and oxygen atoms in total. The van der Waals surface area contributed by atoms with Crippen LogP contribution in [0.25, 0.3) is 0 Å². The van der Waals surface area contributed by atoms with Gasteiger partial charge in [0.15, 0.2) is 5.78 Å². The van der Waals surface area contributed by atoms with Crippen LogP contribution in [0.5, 0.6) is 5.75 Å². The van der Waals surface area contributed by atoms with Gasteiger partial charge in [0.2, 0.25) is 0 Å². The van der Waals surface area contributed by atoms with Crippen molar-refractivity contribution in [2.45, 2.75) is 33.9 Å². The molecule has 1 aromatic heterocycles. The average molecular weight is 336 g/mol. The number of H-pyrrole nitrogens is 1. The first-order valence-corrected chi connectivity index (χ1v) is 7.31. The van der Waals surface area contributed by atoms with Crippen LogP contribution in [-0.4, -0.2) is 23.3 Å². The molecule has 2 aromatic rings. The molecule has 1 amide bonds. The molecule has 0 aliphatic carbocycles. The SMILES string of the molecule is CC(=O)c1c(C)[nH]c(C(=O)NCc2ccc(OC(F)F)cc2)c1C. The molecule has 128 valence electrons. The van der Waals surface area contributed by atoms with Gasteiger partial charge in [0.25, 0.3) is 5.91 Å². The van der Waals surface area contributed by atoms with Crippen LogP contribution < -0.4 is 10.1 Å². The van der Waals surface area contributed by atoms with Crippen LogP contribution in [0.15, 0.2) is 24.3 Å². The van der Waals surface area contributed by atoms with E-state index < -0.39 is 6.61 Å². The molecule has 0 unspecified atom stereocenters. The largest absolute Gasteiger partial charge is 0.435 e. The number of aryl methyl sites for hydroxylation is 1. The molecule has 0 saturated carbocycles. The minimum absolute atomic E-state index is 0.0574. The Kier molecular flexibility index (Phi) is 5.33. The van der Waals surface area contributed by atoms with E-state index >= 15 is 0 Å². The maximum absolute atomic E-state index is 12.3. The summed E-state index contributed by atoms with van der Waals surface area (Å²) in [5, 5.41) is 2.73. The minimum Gasteiger partial charge on any atom is -0.435 e. The zero-order valence-corrected chi connectivity index (χ0v) is 13.6. The van der Waals surface area contributed by atoms with Gasteiger partial charge < -0.3 is 15.0 Å². The Hall–Kier alpha value is -2.70. The number of carbonyl (C=O) groups is 2. The number of benzene rings is 1. The summed E-state index contributed by atoms with van der Waals surface area (Å²) in [6.45, 7) is 2.26. The molecule has 0 radical (unpaired) electrons. The lowest BCUT2D eigenvalue weighted by molar-refractivity contribution is -0.0498. The van der Waals surface area contributed by atoms with E-state index in [0.717, 1.165) is 5.56 Å². The summed E-state index contributed by atoms with van der Waals surface area (Å²) in [5.74, 6) is -0.382. The number of rotatable bonds is 6. The van der Waals surface area contributed by atoms with Crippen molar-refractivity contribution in [1.82, 2.24) is 10.3 Å². The van der Waals surface area contributed by atoms with Gasteiger partial charge in [-0.15, -0.1) is 0 Å². The first-order chi connectivity index (χ1) is 11.3. The summed E-state index contributed by atoms with van der Waals surface area (Å²) in [6.07, 6.45) is 0. The lowest BCUT2D eigenvalue weighted by Gasteiger charge is -2.07. The molecule has 24 heavy (non-hydrogen) atoms. The zero-order valence-electron chi connectivity index (χ0n) is 13.6. The summed E-state index contributed by atoms with van der Waals surface area (Å²) in [6, 6.07) is 5.99. The van der Waals surface area contributed by atoms with Gasteiger partial charge in [0.05, 0.1) is 0 Å². The standard InChI is InChI=1S/C17H18F2N2O3/c1-9-14(11(3)22)10(2)21-15(9)16(23)20-8-12-4-6-13(7-5-12)24-17(18)19/h4-7,17,21H,8H2,1-3H3,(H,20,23). The van der Waals surface area contributed by atoms with Gasteiger partial charge in [0, 0.05) is 17.8 Å². The predicted octanol–water partition coefficient (Wildman–Crippen LogP) is 3.37. The third-order valence-electron chi connectivity index (χ3n) is 3.62. The fourth-order valence-electron chi connectivity index (χ4n) is 2.56. The van der Waals surface area contributed by atoms with Crippen LogP contribution in [0.2, 0.25) is 0 Å². The number of aromatic amines is 1. The molecule has 2 rings (SSSR count). The number of nitrogens with one attached hydrogen (secondary N) is 2. The van der Waals surface area contributed by atoms with Crippen molar-refractivity contribution < 1.29 is 23.1 Å². The molecular formula is C17H18F2N2O3. The van der Waals surface area contributed by atoms with E-state index in [-0.39, 0.29) is 24.0 Å².